The third kappa shape index (κ3) is 1.82. The molecule has 0 atom stereocenters. The van der Waals surface area contributed by atoms with Crippen molar-refractivity contribution in [2.45, 2.75) is 0 Å². The van der Waals surface area contributed by atoms with Crippen LogP contribution >= 0.6 is 11.6 Å². The SMILES string of the molecule is O=C(Cl)c1ccccc1O[Si]. The van der Waals surface area contributed by atoms with Crippen molar-refractivity contribution in [1.82, 2.24) is 0 Å². The number of benzene rings is 1. The van der Waals surface area contributed by atoms with Crippen LogP contribution in [0.1, 0.15) is 10.4 Å². The van der Waals surface area contributed by atoms with Crippen molar-refractivity contribution in [1.29, 1.82) is 0 Å². The molecule has 0 amide bonds. The first kappa shape index (κ1) is 8.29. The highest BCUT2D eigenvalue weighted by Gasteiger charge is 2.06. The number of carbonyl (C=O) groups excluding carboxylic acids is 1. The highest BCUT2D eigenvalue weighted by Crippen LogP contribution is 2.18. The third-order valence-electron chi connectivity index (χ3n) is 1.21. The number of rotatable bonds is 2. The topological polar surface area (TPSA) is 26.3 Å². The first-order valence-corrected chi connectivity index (χ1v) is 3.66. The van der Waals surface area contributed by atoms with E-state index in [1.807, 2.05) is 0 Å². The molecular weight excluding hydrogens is 180 g/mol. The Balaban J connectivity index is 3.12. The van der Waals surface area contributed by atoms with Crippen LogP contribution in [0, 0.1) is 0 Å². The largest absolute Gasteiger partial charge is 0.540 e. The predicted octanol–water partition coefficient (Wildman–Crippen LogP) is 1.53. The minimum absolute atomic E-state index is 0.351. The Kier molecular flexibility index (Phi) is 2.68. The van der Waals surface area contributed by atoms with Gasteiger partial charge >= 0.3 is 10.5 Å². The monoisotopic (exact) mass is 183 g/mol. The van der Waals surface area contributed by atoms with Gasteiger partial charge in [-0.2, -0.15) is 0 Å². The molecule has 4 heteroatoms. The van der Waals surface area contributed by atoms with Crippen LogP contribution < -0.4 is 4.43 Å². The van der Waals surface area contributed by atoms with Gasteiger partial charge in [-0.1, -0.05) is 12.1 Å². The van der Waals surface area contributed by atoms with Crippen molar-refractivity contribution in [2.75, 3.05) is 0 Å². The Hall–Kier alpha value is -0.803. The predicted molar refractivity (Wildman–Crippen MR) is 43.0 cm³/mol. The molecule has 3 radical (unpaired) electrons. The lowest BCUT2D eigenvalue weighted by Crippen LogP contribution is -1.95. The summed E-state index contributed by atoms with van der Waals surface area (Å²) in [6, 6.07) is 6.69. The smallest absolute Gasteiger partial charge is 0.341 e. The van der Waals surface area contributed by atoms with Crippen molar-refractivity contribution in [3.63, 3.8) is 0 Å². The van der Waals surface area contributed by atoms with E-state index in [1.54, 1.807) is 24.3 Å². The second kappa shape index (κ2) is 3.55. The molecule has 0 spiro atoms. The Morgan fingerprint density at radius 1 is 1.45 bits per heavy atom. The first-order chi connectivity index (χ1) is 5.25. The Morgan fingerprint density at radius 3 is 2.55 bits per heavy atom. The van der Waals surface area contributed by atoms with Crippen molar-refractivity contribution < 1.29 is 9.22 Å². The fraction of sp³-hybridized carbons (Fsp3) is 0. The van der Waals surface area contributed by atoms with Crippen LogP contribution in [0.15, 0.2) is 24.3 Å². The van der Waals surface area contributed by atoms with Gasteiger partial charge in [0.1, 0.15) is 5.75 Å². The van der Waals surface area contributed by atoms with Crippen LogP contribution in [0.2, 0.25) is 0 Å². The van der Waals surface area contributed by atoms with Gasteiger partial charge in [-0.15, -0.1) is 0 Å². The summed E-state index contributed by atoms with van der Waals surface area (Å²) in [5, 5.41) is -0.529. The molecule has 1 aromatic rings. The summed E-state index contributed by atoms with van der Waals surface area (Å²) in [6.07, 6.45) is 0. The van der Waals surface area contributed by atoms with E-state index in [1.165, 1.54) is 0 Å². The van der Waals surface area contributed by atoms with E-state index in [0.29, 0.717) is 11.3 Å². The zero-order valence-corrected chi connectivity index (χ0v) is 7.26. The minimum Gasteiger partial charge on any atom is -0.540 e. The second-order valence-electron chi connectivity index (χ2n) is 1.87. The minimum atomic E-state index is -0.529. The van der Waals surface area contributed by atoms with Crippen LogP contribution in [0.4, 0.5) is 0 Å². The summed E-state index contributed by atoms with van der Waals surface area (Å²) in [6.45, 7) is 0. The first-order valence-electron chi connectivity index (χ1n) is 2.88. The highest BCUT2D eigenvalue weighted by molar-refractivity contribution is 6.68. The number of para-hydroxylation sites is 1. The molecule has 0 unspecified atom stereocenters. The van der Waals surface area contributed by atoms with E-state index < -0.39 is 5.24 Å². The van der Waals surface area contributed by atoms with Crippen LogP contribution in [-0.4, -0.2) is 15.7 Å². The van der Waals surface area contributed by atoms with Gasteiger partial charge in [-0.3, -0.25) is 4.79 Å². The average molecular weight is 184 g/mol. The van der Waals surface area contributed by atoms with Crippen molar-refractivity contribution in [3.05, 3.63) is 29.8 Å². The maximum Gasteiger partial charge on any atom is 0.341 e. The van der Waals surface area contributed by atoms with Crippen LogP contribution in [-0.2, 0) is 0 Å². The van der Waals surface area contributed by atoms with E-state index in [4.69, 9.17) is 16.0 Å². The molecule has 0 aromatic heterocycles. The maximum atomic E-state index is 10.7. The van der Waals surface area contributed by atoms with Gasteiger partial charge in [-0.05, 0) is 23.7 Å². The van der Waals surface area contributed by atoms with Gasteiger partial charge in [0.25, 0.3) is 5.24 Å². The average Bonchev–Trinajstić information content (AvgIpc) is 2.04. The van der Waals surface area contributed by atoms with E-state index in [9.17, 15) is 4.79 Å². The highest BCUT2D eigenvalue weighted by atomic mass is 35.5. The molecule has 0 N–H and O–H groups in total. The molecular formula is C7H4ClO2Si. The summed E-state index contributed by atoms with van der Waals surface area (Å²) >= 11 is 5.25. The summed E-state index contributed by atoms with van der Waals surface area (Å²) < 4.78 is 4.71. The summed E-state index contributed by atoms with van der Waals surface area (Å²) in [5.74, 6) is 0.421. The standard InChI is InChI=1S/C7H4ClO2Si/c8-7(9)5-3-1-2-4-6(5)10-11/h1-4H. The molecule has 0 heterocycles. The second-order valence-corrected chi connectivity index (χ2v) is 2.42. The molecule has 1 aromatic carbocycles. The molecule has 0 saturated carbocycles. The van der Waals surface area contributed by atoms with Gasteiger partial charge in [0.05, 0.1) is 5.56 Å². The number of halogens is 1. The molecule has 1 rings (SSSR count). The van der Waals surface area contributed by atoms with Crippen LogP contribution in [0.3, 0.4) is 0 Å². The fourth-order valence-electron chi connectivity index (χ4n) is 0.718. The quantitative estimate of drug-likeness (QED) is 0.514. The Labute approximate surface area is 72.7 Å². The molecule has 55 valence electrons. The Morgan fingerprint density at radius 2 is 2.09 bits per heavy atom. The summed E-state index contributed by atoms with van der Waals surface area (Å²) in [5.41, 5.74) is 0.351. The van der Waals surface area contributed by atoms with Crippen LogP contribution in [0.5, 0.6) is 5.75 Å². The molecule has 11 heavy (non-hydrogen) atoms. The van der Waals surface area contributed by atoms with Gasteiger partial charge in [0, 0.05) is 0 Å². The zero-order valence-electron chi connectivity index (χ0n) is 5.50. The molecule has 0 aliphatic rings. The van der Waals surface area contributed by atoms with Gasteiger partial charge in [-0.25, -0.2) is 0 Å². The molecule has 0 aliphatic heterocycles. The molecule has 0 bridgehead atoms. The number of hydrogen-bond acceptors (Lipinski definition) is 2. The van der Waals surface area contributed by atoms with E-state index in [-0.39, 0.29) is 0 Å². The lowest BCUT2D eigenvalue weighted by atomic mass is 10.2. The van der Waals surface area contributed by atoms with Crippen molar-refractivity contribution in [3.8, 4) is 5.75 Å². The fourth-order valence-corrected chi connectivity index (χ4v) is 1.05. The van der Waals surface area contributed by atoms with Crippen molar-refractivity contribution in [2.24, 2.45) is 0 Å². The lowest BCUT2D eigenvalue weighted by Gasteiger charge is -2.02. The molecule has 0 aliphatic carbocycles. The zero-order chi connectivity index (χ0) is 8.27. The third-order valence-corrected chi connectivity index (χ3v) is 1.63. The van der Waals surface area contributed by atoms with Gasteiger partial charge < -0.3 is 4.43 Å². The van der Waals surface area contributed by atoms with E-state index in [2.05, 4.69) is 10.5 Å². The van der Waals surface area contributed by atoms with E-state index >= 15 is 0 Å². The summed E-state index contributed by atoms with van der Waals surface area (Å²) in [7, 11) is 2.81. The van der Waals surface area contributed by atoms with Gasteiger partial charge in [0.15, 0.2) is 0 Å². The summed E-state index contributed by atoms with van der Waals surface area (Å²) in [4.78, 5) is 10.7. The maximum absolute atomic E-state index is 10.7. The lowest BCUT2D eigenvalue weighted by molar-refractivity contribution is 0.108. The van der Waals surface area contributed by atoms with Crippen molar-refractivity contribution >= 4 is 27.3 Å². The normalized spacial score (nSPS) is 9.27. The van der Waals surface area contributed by atoms with Gasteiger partial charge in [0.2, 0.25) is 0 Å². The Bertz CT molecular complexity index is 275. The number of carbonyl (C=O) groups is 1. The van der Waals surface area contributed by atoms with E-state index in [0.717, 1.165) is 0 Å². The number of hydrogen-bond donors (Lipinski definition) is 0. The van der Waals surface area contributed by atoms with Crippen LogP contribution in [0.25, 0.3) is 0 Å². The molecule has 0 saturated heterocycles. The molecule has 2 nitrogen and oxygen atoms in total. The molecule has 0 fully saturated rings.